The molecule has 5 aromatic rings. The van der Waals surface area contributed by atoms with E-state index in [1.54, 1.807) is 4.57 Å². The molecule has 0 bridgehead atoms. The maximum atomic E-state index is 13.3. The minimum absolute atomic E-state index is 0.0566. The summed E-state index contributed by atoms with van der Waals surface area (Å²) in [6.07, 6.45) is 10.2. The van der Waals surface area contributed by atoms with Gasteiger partial charge in [0, 0.05) is 30.2 Å². The molecule has 0 radical (unpaired) electrons. The highest BCUT2D eigenvalue weighted by Gasteiger charge is 2.25. The summed E-state index contributed by atoms with van der Waals surface area (Å²) in [5.41, 5.74) is 5.99. The molecule has 0 atom stereocenters. The van der Waals surface area contributed by atoms with Crippen molar-refractivity contribution >= 4 is 21.9 Å². The topological polar surface area (TPSA) is 57.6 Å². The summed E-state index contributed by atoms with van der Waals surface area (Å²) in [6.45, 7) is 2.31. The molecule has 1 aliphatic rings. The van der Waals surface area contributed by atoms with Crippen molar-refractivity contribution in [1.82, 2.24) is 23.9 Å². The third-order valence-electron chi connectivity index (χ3n) is 7.20. The Morgan fingerprint density at radius 2 is 1.73 bits per heavy atom. The van der Waals surface area contributed by atoms with E-state index >= 15 is 0 Å². The summed E-state index contributed by atoms with van der Waals surface area (Å²) in [6, 6.07) is 16.6. The maximum Gasteiger partial charge on any atom is 0.329 e. The Labute approximate surface area is 192 Å². The first-order chi connectivity index (χ1) is 16.1. The molecule has 33 heavy (non-hydrogen) atoms. The number of pyridine rings is 1. The van der Waals surface area contributed by atoms with E-state index < -0.39 is 0 Å². The molecule has 0 saturated heterocycles. The molecule has 1 aliphatic carbocycles. The van der Waals surface area contributed by atoms with Gasteiger partial charge in [0.15, 0.2) is 0 Å². The molecule has 6 rings (SSSR count). The Kier molecular flexibility index (Phi) is 4.68. The zero-order valence-corrected chi connectivity index (χ0v) is 19.0. The average Bonchev–Trinajstić information content (AvgIpc) is 3.44. The van der Waals surface area contributed by atoms with E-state index in [2.05, 4.69) is 35.2 Å². The van der Waals surface area contributed by atoms with Gasteiger partial charge in [0.1, 0.15) is 0 Å². The number of para-hydroxylation sites is 1. The lowest BCUT2D eigenvalue weighted by Crippen LogP contribution is -2.28. The molecule has 1 fully saturated rings. The van der Waals surface area contributed by atoms with Crippen molar-refractivity contribution in [2.45, 2.75) is 38.6 Å². The molecular formula is C27H27N5O. The van der Waals surface area contributed by atoms with E-state index in [1.165, 1.54) is 12.8 Å². The number of benzene rings is 2. The first-order valence-electron chi connectivity index (χ1n) is 11.7. The van der Waals surface area contributed by atoms with Crippen molar-refractivity contribution in [2.75, 3.05) is 0 Å². The lowest BCUT2D eigenvalue weighted by molar-refractivity contribution is 0.289. The quantitative estimate of drug-likeness (QED) is 0.375. The van der Waals surface area contributed by atoms with Gasteiger partial charge in [0.2, 0.25) is 0 Å². The SMILES string of the molecule is CC1CCC(n2c(=O)n(C)c3cnc4ccc(-c5cnn(-c6ccccc6)c5)cc4c32)CC1. The summed E-state index contributed by atoms with van der Waals surface area (Å²) >= 11 is 0. The fourth-order valence-corrected chi connectivity index (χ4v) is 5.24. The molecule has 0 unspecified atom stereocenters. The molecule has 0 N–H and O–H groups in total. The van der Waals surface area contributed by atoms with E-state index in [0.29, 0.717) is 0 Å². The van der Waals surface area contributed by atoms with Gasteiger partial charge in [-0.05, 0) is 61.4 Å². The van der Waals surface area contributed by atoms with Crippen LogP contribution >= 0.6 is 0 Å². The standard InChI is InChI=1S/C27H27N5O/c1-18-8-11-22(12-9-18)32-26-23-14-19(10-13-24(23)28-16-25(26)30(2)27(32)33)20-15-29-31(17-20)21-6-4-3-5-7-21/h3-7,10,13-18,22H,8-9,11-12H2,1-2H3. The Balaban J connectivity index is 1.52. The molecule has 1 saturated carbocycles. The van der Waals surface area contributed by atoms with E-state index in [4.69, 9.17) is 0 Å². The van der Waals surface area contributed by atoms with Crippen molar-refractivity contribution in [1.29, 1.82) is 0 Å². The third-order valence-corrected chi connectivity index (χ3v) is 7.20. The van der Waals surface area contributed by atoms with Crippen LogP contribution in [0.1, 0.15) is 38.6 Å². The van der Waals surface area contributed by atoms with Crippen LogP contribution in [0.4, 0.5) is 0 Å². The minimum atomic E-state index is 0.0566. The van der Waals surface area contributed by atoms with E-state index in [9.17, 15) is 4.79 Å². The number of fused-ring (bicyclic) bond motifs is 3. The van der Waals surface area contributed by atoms with Crippen LogP contribution in [0, 0.1) is 5.92 Å². The molecule has 0 aliphatic heterocycles. The lowest BCUT2D eigenvalue weighted by atomic mass is 9.87. The number of nitrogens with zero attached hydrogens (tertiary/aromatic N) is 5. The fourth-order valence-electron chi connectivity index (χ4n) is 5.24. The van der Waals surface area contributed by atoms with E-state index in [0.717, 1.165) is 57.5 Å². The Hall–Kier alpha value is -3.67. The van der Waals surface area contributed by atoms with Crippen molar-refractivity contribution in [3.05, 3.63) is 77.6 Å². The fraction of sp³-hybridized carbons (Fsp3) is 0.296. The molecule has 0 spiro atoms. The van der Waals surface area contributed by atoms with Crippen LogP contribution in [0.3, 0.4) is 0 Å². The smallest absolute Gasteiger partial charge is 0.293 e. The number of hydrogen-bond acceptors (Lipinski definition) is 3. The molecule has 6 heteroatoms. The number of hydrogen-bond donors (Lipinski definition) is 0. The Morgan fingerprint density at radius 1 is 0.939 bits per heavy atom. The van der Waals surface area contributed by atoms with Gasteiger partial charge >= 0.3 is 5.69 Å². The molecule has 3 heterocycles. The number of rotatable bonds is 3. The molecule has 2 aromatic carbocycles. The molecule has 3 aromatic heterocycles. The zero-order valence-electron chi connectivity index (χ0n) is 19.0. The molecule has 6 nitrogen and oxygen atoms in total. The largest absolute Gasteiger partial charge is 0.329 e. The van der Waals surface area contributed by atoms with Gasteiger partial charge in [-0.25, -0.2) is 9.48 Å². The van der Waals surface area contributed by atoms with Crippen molar-refractivity contribution in [3.63, 3.8) is 0 Å². The van der Waals surface area contributed by atoms with Crippen molar-refractivity contribution in [2.24, 2.45) is 13.0 Å². The first kappa shape index (κ1) is 20.0. The van der Waals surface area contributed by atoms with Gasteiger partial charge in [-0.3, -0.25) is 14.1 Å². The predicted octanol–water partition coefficient (Wildman–Crippen LogP) is 5.49. The second-order valence-corrected chi connectivity index (χ2v) is 9.36. The number of imidazole rings is 1. The minimum Gasteiger partial charge on any atom is -0.293 e. The van der Waals surface area contributed by atoms with Crippen LogP contribution in [0.2, 0.25) is 0 Å². The van der Waals surface area contributed by atoms with Crippen LogP contribution in [0.15, 0.2) is 71.9 Å². The monoisotopic (exact) mass is 437 g/mol. The normalized spacial score (nSPS) is 18.8. The highest BCUT2D eigenvalue weighted by Crippen LogP contribution is 2.35. The Morgan fingerprint density at radius 3 is 2.52 bits per heavy atom. The van der Waals surface area contributed by atoms with Gasteiger partial charge in [-0.15, -0.1) is 0 Å². The molecular weight excluding hydrogens is 410 g/mol. The average molecular weight is 438 g/mol. The number of aromatic nitrogens is 5. The predicted molar refractivity (Wildman–Crippen MR) is 132 cm³/mol. The van der Waals surface area contributed by atoms with Gasteiger partial charge < -0.3 is 0 Å². The lowest BCUT2D eigenvalue weighted by Gasteiger charge is -2.27. The molecule has 0 amide bonds. The Bertz CT molecular complexity index is 1520. The first-order valence-corrected chi connectivity index (χ1v) is 11.7. The second kappa shape index (κ2) is 7.73. The van der Waals surface area contributed by atoms with Crippen LogP contribution < -0.4 is 5.69 Å². The van der Waals surface area contributed by atoms with E-state index in [-0.39, 0.29) is 11.7 Å². The summed E-state index contributed by atoms with van der Waals surface area (Å²) in [5.74, 6) is 0.734. The van der Waals surface area contributed by atoms with Gasteiger partial charge in [-0.1, -0.05) is 31.2 Å². The highest BCUT2D eigenvalue weighted by molar-refractivity contribution is 6.04. The van der Waals surface area contributed by atoms with Crippen LogP contribution in [-0.4, -0.2) is 23.9 Å². The number of aryl methyl sites for hydroxylation is 1. The zero-order chi connectivity index (χ0) is 22.5. The van der Waals surface area contributed by atoms with E-state index in [1.807, 2.05) is 65.2 Å². The summed E-state index contributed by atoms with van der Waals surface area (Å²) in [5, 5.41) is 5.59. The third kappa shape index (κ3) is 3.28. The van der Waals surface area contributed by atoms with Gasteiger partial charge in [0.25, 0.3) is 0 Å². The maximum absolute atomic E-state index is 13.3. The summed E-state index contributed by atoms with van der Waals surface area (Å²) < 4.78 is 5.68. The van der Waals surface area contributed by atoms with Crippen LogP contribution in [0.5, 0.6) is 0 Å². The van der Waals surface area contributed by atoms with Crippen LogP contribution in [-0.2, 0) is 7.05 Å². The van der Waals surface area contributed by atoms with Crippen LogP contribution in [0.25, 0.3) is 38.8 Å². The van der Waals surface area contributed by atoms with Crippen molar-refractivity contribution in [3.8, 4) is 16.8 Å². The summed E-state index contributed by atoms with van der Waals surface area (Å²) in [7, 11) is 1.86. The van der Waals surface area contributed by atoms with Crippen molar-refractivity contribution < 1.29 is 0 Å². The second-order valence-electron chi connectivity index (χ2n) is 9.36. The molecule has 166 valence electrons. The summed E-state index contributed by atoms with van der Waals surface area (Å²) in [4.78, 5) is 18.0. The van der Waals surface area contributed by atoms with Gasteiger partial charge in [0.05, 0.1) is 34.6 Å². The highest BCUT2D eigenvalue weighted by atomic mass is 16.1. The van der Waals surface area contributed by atoms with Gasteiger partial charge in [-0.2, -0.15) is 5.10 Å².